The minimum absolute atomic E-state index is 0.117. The van der Waals surface area contributed by atoms with Crippen LogP contribution in [0.1, 0.15) is 51.9 Å². The highest BCUT2D eigenvalue weighted by Crippen LogP contribution is 2.36. The van der Waals surface area contributed by atoms with Crippen LogP contribution in [0, 0.1) is 0 Å². The Balaban J connectivity index is 1.74. The molecule has 1 aliphatic heterocycles. The molecule has 1 fully saturated rings. The molecule has 1 N–H and O–H groups in total. The van der Waals surface area contributed by atoms with E-state index in [0.29, 0.717) is 6.54 Å². The van der Waals surface area contributed by atoms with Crippen LogP contribution in [0.2, 0.25) is 0 Å². The Morgan fingerprint density at radius 3 is 2.27 bits per heavy atom. The third kappa shape index (κ3) is 4.40. The van der Waals surface area contributed by atoms with Crippen molar-refractivity contribution in [3.63, 3.8) is 0 Å². The van der Waals surface area contributed by atoms with E-state index in [-0.39, 0.29) is 12.1 Å². The summed E-state index contributed by atoms with van der Waals surface area (Å²) in [5.74, 6) is 0.818. The predicted molar refractivity (Wildman–Crippen MR) is 119 cm³/mol. The van der Waals surface area contributed by atoms with Gasteiger partial charge in [0.2, 0.25) is 0 Å². The Labute approximate surface area is 178 Å². The number of nitrogens with zero attached hydrogens (tertiary/aromatic N) is 2. The van der Waals surface area contributed by atoms with Crippen LogP contribution < -0.4 is 0 Å². The zero-order chi connectivity index (χ0) is 21.1. The number of imidazole rings is 1. The Bertz CT molecular complexity index is 933. The van der Waals surface area contributed by atoms with Gasteiger partial charge in [0.25, 0.3) is 0 Å². The van der Waals surface area contributed by atoms with E-state index in [9.17, 15) is 4.79 Å². The standard InChI is InChI=1S/C25H29N3O2/c1-25(2,3)30-24(29)28-17-11-10-16-20(28)23-26-21(18-12-6-4-7-13-18)22(27-23)19-14-8-5-9-15-19/h4-9,12-15,20H,10-11,16-17H2,1-3H3,(H,26,27). The number of likely N-dealkylation sites (tertiary alicyclic amines) is 1. The zero-order valence-electron chi connectivity index (χ0n) is 17.9. The van der Waals surface area contributed by atoms with E-state index < -0.39 is 5.60 Å². The van der Waals surface area contributed by atoms with Gasteiger partial charge >= 0.3 is 6.09 Å². The van der Waals surface area contributed by atoms with Gasteiger partial charge in [-0.05, 0) is 40.0 Å². The number of H-pyrrole nitrogens is 1. The maximum absolute atomic E-state index is 12.9. The highest BCUT2D eigenvalue weighted by molar-refractivity contribution is 5.78. The molecule has 2 aromatic carbocycles. The van der Waals surface area contributed by atoms with Gasteiger partial charge in [-0.1, -0.05) is 60.7 Å². The van der Waals surface area contributed by atoms with Crippen LogP contribution in [0.25, 0.3) is 22.5 Å². The van der Waals surface area contributed by atoms with Crippen molar-refractivity contribution < 1.29 is 9.53 Å². The molecule has 0 saturated carbocycles. The van der Waals surface area contributed by atoms with Crippen LogP contribution in [0.4, 0.5) is 4.79 Å². The number of aromatic nitrogens is 2. The first-order valence-corrected chi connectivity index (χ1v) is 10.6. The van der Waals surface area contributed by atoms with Crippen molar-refractivity contribution in [1.82, 2.24) is 14.9 Å². The average Bonchev–Trinajstić information content (AvgIpc) is 3.19. The van der Waals surface area contributed by atoms with E-state index >= 15 is 0 Å². The molecule has 0 aliphatic carbocycles. The lowest BCUT2D eigenvalue weighted by molar-refractivity contribution is 0.00855. The minimum Gasteiger partial charge on any atom is -0.444 e. The second-order valence-corrected chi connectivity index (χ2v) is 8.76. The van der Waals surface area contributed by atoms with Crippen LogP contribution in [-0.4, -0.2) is 33.1 Å². The summed E-state index contributed by atoms with van der Waals surface area (Å²) in [7, 11) is 0. The first-order valence-electron chi connectivity index (χ1n) is 10.6. The average molecular weight is 404 g/mol. The van der Waals surface area contributed by atoms with Gasteiger partial charge in [-0.3, -0.25) is 4.90 Å². The number of ether oxygens (including phenoxy) is 1. The van der Waals surface area contributed by atoms with Gasteiger partial charge in [-0.25, -0.2) is 9.78 Å². The van der Waals surface area contributed by atoms with Crippen molar-refractivity contribution in [2.75, 3.05) is 6.54 Å². The summed E-state index contributed by atoms with van der Waals surface area (Å²) in [6.45, 7) is 6.38. The summed E-state index contributed by atoms with van der Waals surface area (Å²) >= 11 is 0. The van der Waals surface area contributed by atoms with Crippen molar-refractivity contribution in [3.8, 4) is 22.5 Å². The largest absolute Gasteiger partial charge is 0.444 e. The molecule has 3 aromatic rings. The molecule has 1 aliphatic rings. The topological polar surface area (TPSA) is 58.2 Å². The highest BCUT2D eigenvalue weighted by atomic mass is 16.6. The normalized spacial score (nSPS) is 17.0. The fraction of sp³-hybridized carbons (Fsp3) is 0.360. The second-order valence-electron chi connectivity index (χ2n) is 8.76. The number of aromatic amines is 1. The van der Waals surface area contributed by atoms with Gasteiger partial charge in [0.05, 0.1) is 17.4 Å². The van der Waals surface area contributed by atoms with Crippen LogP contribution in [0.5, 0.6) is 0 Å². The molecule has 1 unspecified atom stereocenters. The summed E-state index contributed by atoms with van der Waals surface area (Å²) in [5, 5.41) is 0. The van der Waals surface area contributed by atoms with E-state index in [0.717, 1.165) is 47.6 Å². The first kappa shape index (κ1) is 20.2. The van der Waals surface area contributed by atoms with Crippen LogP contribution >= 0.6 is 0 Å². The SMILES string of the molecule is CC(C)(C)OC(=O)N1CCCCC1c1nc(-c2ccccc2)c(-c2ccccc2)[nH]1. The van der Waals surface area contributed by atoms with Crippen molar-refractivity contribution >= 4 is 6.09 Å². The van der Waals surface area contributed by atoms with Crippen molar-refractivity contribution in [3.05, 3.63) is 66.5 Å². The number of hydrogen-bond acceptors (Lipinski definition) is 3. The molecule has 0 bridgehead atoms. The molecule has 1 atom stereocenters. The van der Waals surface area contributed by atoms with E-state index in [4.69, 9.17) is 9.72 Å². The highest BCUT2D eigenvalue weighted by Gasteiger charge is 2.34. The fourth-order valence-corrected chi connectivity index (χ4v) is 3.92. The van der Waals surface area contributed by atoms with Gasteiger partial charge in [0.15, 0.2) is 0 Å². The van der Waals surface area contributed by atoms with Gasteiger partial charge in [0.1, 0.15) is 11.4 Å². The molecule has 0 radical (unpaired) electrons. The van der Waals surface area contributed by atoms with Crippen LogP contribution in [0.15, 0.2) is 60.7 Å². The van der Waals surface area contributed by atoms with Crippen molar-refractivity contribution in [2.45, 2.75) is 51.7 Å². The number of carbonyl (C=O) groups excluding carboxylic acids is 1. The lowest BCUT2D eigenvalue weighted by atomic mass is 10.0. The Hall–Kier alpha value is -3.08. The number of benzene rings is 2. The predicted octanol–water partition coefficient (Wildman–Crippen LogP) is 6.21. The van der Waals surface area contributed by atoms with Gasteiger partial charge in [-0.15, -0.1) is 0 Å². The minimum atomic E-state index is -0.521. The summed E-state index contributed by atoms with van der Waals surface area (Å²) in [6.07, 6.45) is 2.64. The third-order valence-electron chi connectivity index (χ3n) is 5.28. The number of amides is 1. The maximum atomic E-state index is 12.9. The molecule has 5 nitrogen and oxygen atoms in total. The maximum Gasteiger partial charge on any atom is 0.410 e. The zero-order valence-corrected chi connectivity index (χ0v) is 17.9. The first-order chi connectivity index (χ1) is 14.4. The van der Waals surface area contributed by atoms with E-state index in [2.05, 4.69) is 29.2 Å². The van der Waals surface area contributed by atoms with E-state index in [1.807, 2.05) is 62.1 Å². The molecule has 156 valence electrons. The van der Waals surface area contributed by atoms with E-state index in [1.54, 1.807) is 0 Å². The molecule has 4 rings (SSSR count). The number of nitrogens with one attached hydrogen (secondary N) is 1. The van der Waals surface area contributed by atoms with Crippen molar-refractivity contribution in [1.29, 1.82) is 0 Å². The second kappa shape index (κ2) is 8.34. The van der Waals surface area contributed by atoms with E-state index in [1.165, 1.54) is 0 Å². The molecular formula is C25H29N3O2. The lowest BCUT2D eigenvalue weighted by Gasteiger charge is -2.35. The lowest BCUT2D eigenvalue weighted by Crippen LogP contribution is -2.42. The monoisotopic (exact) mass is 403 g/mol. The van der Waals surface area contributed by atoms with Crippen LogP contribution in [0.3, 0.4) is 0 Å². The number of carbonyl (C=O) groups is 1. The summed E-state index contributed by atoms with van der Waals surface area (Å²) in [5.41, 5.74) is 3.50. The quantitative estimate of drug-likeness (QED) is 0.566. The van der Waals surface area contributed by atoms with Crippen LogP contribution in [-0.2, 0) is 4.74 Å². The fourth-order valence-electron chi connectivity index (χ4n) is 3.92. The number of rotatable bonds is 3. The summed E-state index contributed by atoms with van der Waals surface area (Å²) in [4.78, 5) is 23.3. The summed E-state index contributed by atoms with van der Waals surface area (Å²) < 4.78 is 5.68. The van der Waals surface area contributed by atoms with Crippen molar-refractivity contribution in [2.24, 2.45) is 0 Å². The number of piperidine rings is 1. The molecule has 1 amide bonds. The molecule has 2 heterocycles. The molecule has 5 heteroatoms. The molecule has 1 saturated heterocycles. The Morgan fingerprint density at radius 1 is 1.00 bits per heavy atom. The Kier molecular flexibility index (Phi) is 5.62. The molecule has 0 spiro atoms. The van der Waals surface area contributed by atoms with Gasteiger partial charge < -0.3 is 9.72 Å². The van der Waals surface area contributed by atoms with Gasteiger partial charge in [-0.2, -0.15) is 0 Å². The van der Waals surface area contributed by atoms with Gasteiger partial charge in [0, 0.05) is 17.7 Å². The molecule has 30 heavy (non-hydrogen) atoms. The number of hydrogen-bond donors (Lipinski definition) is 1. The third-order valence-corrected chi connectivity index (χ3v) is 5.28. The molecular weight excluding hydrogens is 374 g/mol. The molecule has 1 aromatic heterocycles. The summed E-state index contributed by atoms with van der Waals surface area (Å²) in [6, 6.07) is 20.3. The smallest absolute Gasteiger partial charge is 0.410 e. The Morgan fingerprint density at radius 2 is 1.63 bits per heavy atom.